The Balaban J connectivity index is 1.86. The molecule has 29 heavy (non-hydrogen) atoms. The molecule has 0 bridgehead atoms. The minimum absolute atomic E-state index is 0.0325. The normalized spacial score (nSPS) is 11.1. The van der Waals surface area contributed by atoms with Crippen LogP contribution in [-0.2, 0) is 6.54 Å². The minimum Gasteiger partial charge on any atom is -0.438 e. The first-order valence-electron chi connectivity index (χ1n) is 8.92. The summed E-state index contributed by atoms with van der Waals surface area (Å²) in [4.78, 5) is 22.8. The van der Waals surface area contributed by atoms with E-state index in [-0.39, 0.29) is 5.69 Å². The van der Waals surface area contributed by atoms with E-state index in [1.54, 1.807) is 12.1 Å². The second kappa shape index (κ2) is 7.94. The van der Waals surface area contributed by atoms with E-state index in [9.17, 15) is 10.1 Å². The number of aromatic nitrogens is 2. The number of nitrogens with zero attached hydrogens (tertiary/aromatic N) is 4. The molecule has 8 heteroatoms. The maximum Gasteiger partial charge on any atom is 0.273 e. The molecule has 0 N–H and O–H groups in total. The van der Waals surface area contributed by atoms with Crippen LogP contribution in [0.15, 0.2) is 60.0 Å². The molecule has 0 atom stereocenters. The van der Waals surface area contributed by atoms with Crippen LogP contribution in [0.5, 0.6) is 11.6 Å². The third kappa shape index (κ3) is 4.08. The number of ether oxygens (including phenoxy) is 1. The van der Waals surface area contributed by atoms with Gasteiger partial charge in [-0.2, -0.15) is 4.98 Å². The largest absolute Gasteiger partial charge is 0.438 e. The molecule has 0 fully saturated rings. The van der Waals surface area contributed by atoms with Crippen LogP contribution < -0.4 is 4.74 Å². The van der Waals surface area contributed by atoms with Crippen LogP contribution in [-0.4, -0.2) is 33.9 Å². The third-order valence-corrected chi connectivity index (χ3v) is 5.10. The summed E-state index contributed by atoms with van der Waals surface area (Å²) in [5.41, 5.74) is 1.98. The summed E-state index contributed by atoms with van der Waals surface area (Å²) in [7, 11) is 3.89. The smallest absolute Gasteiger partial charge is 0.273 e. The molecule has 4 rings (SSSR count). The zero-order valence-corrected chi connectivity index (χ0v) is 16.7. The molecular formula is C21H18N4O3S. The number of fused-ring (bicyclic) bond motifs is 1. The fourth-order valence-corrected chi connectivity index (χ4v) is 3.94. The second-order valence-electron chi connectivity index (χ2n) is 6.73. The van der Waals surface area contributed by atoms with Gasteiger partial charge in [-0.25, -0.2) is 4.98 Å². The van der Waals surface area contributed by atoms with E-state index in [2.05, 4.69) is 9.97 Å². The molecule has 0 saturated heterocycles. The van der Waals surface area contributed by atoms with E-state index in [4.69, 9.17) is 4.74 Å². The molecular weight excluding hydrogens is 388 g/mol. The maximum atomic E-state index is 11.1. The Morgan fingerprint density at radius 2 is 1.90 bits per heavy atom. The highest BCUT2D eigenvalue weighted by Gasteiger charge is 2.18. The van der Waals surface area contributed by atoms with Crippen LogP contribution in [0, 0.1) is 10.1 Å². The average molecular weight is 406 g/mol. The van der Waals surface area contributed by atoms with E-state index in [0.29, 0.717) is 24.0 Å². The average Bonchev–Trinajstić information content (AvgIpc) is 3.12. The summed E-state index contributed by atoms with van der Waals surface area (Å²) in [6.45, 7) is 0.555. The van der Waals surface area contributed by atoms with Crippen molar-refractivity contribution in [1.29, 1.82) is 0 Å². The summed E-state index contributed by atoms with van der Waals surface area (Å²) >= 11 is 1.52. The van der Waals surface area contributed by atoms with Gasteiger partial charge in [-0.1, -0.05) is 36.4 Å². The Hall–Kier alpha value is -3.36. The number of rotatable bonds is 6. The van der Waals surface area contributed by atoms with Gasteiger partial charge in [-0.3, -0.25) is 10.1 Å². The number of nitro groups is 1. The molecule has 0 aliphatic carbocycles. The summed E-state index contributed by atoms with van der Waals surface area (Å²) in [6, 6.07) is 16.1. The lowest BCUT2D eigenvalue weighted by Crippen LogP contribution is -2.13. The van der Waals surface area contributed by atoms with Gasteiger partial charge < -0.3 is 9.64 Å². The van der Waals surface area contributed by atoms with E-state index < -0.39 is 4.92 Å². The Morgan fingerprint density at radius 3 is 2.62 bits per heavy atom. The van der Waals surface area contributed by atoms with Crippen molar-refractivity contribution in [2.75, 3.05) is 14.1 Å². The summed E-state index contributed by atoms with van der Waals surface area (Å²) in [5, 5.41) is 13.9. The van der Waals surface area contributed by atoms with Crippen molar-refractivity contribution in [3.63, 3.8) is 0 Å². The molecule has 0 saturated carbocycles. The molecule has 2 aromatic heterocycles. The predicted octanol–water partition coefficient (Wildman–Crippen LogP) is 5.12. The Labute approximate surface area is 171 Å². The van der Waals surface area contributed by atoms with Gasteiger partial charge in [-0.15, -0.1) is 11.3 Å². The van der Waals surface area contributed by atoms with Crippen LogP contribution in [0.3, 0.4) is 0 Å². The monoisotopic (exact) mass is 406 g/mol. The molecule has 0 aliphatic rings. The van der Waals surface area contributed by atoms with Crippen molar-refractivity contribution < 1.29 is 9.66 Å². The van der Waals surface area contributed by atoms with Crippen LogP contribution in [0.25, 0.3) is 21.3 Å². The van der Waals surface area contributed by atoms with Crippen molar-refractivity contribution >= 4 is 27.2 Å². The highest BCUT2D eigenvalue weighted by Crippen LogP contribution is 2.39. The van der Waals surface area contributed by atoms with Crippen molar-refractivity contribution in [2.24, 2.45) is 0 Å². The number of benzene rings is 2. The number of non-ortho nitro benzene ring substituents is 1. The van der Waals surface area contributed by atoms with E-state index in [1.807, 2.05) is 54.7 Å². The standard InChI is InChI=1S/C21H18N4O3S/c1-24(2)12-18-22-20(28-16-10-6-9-15(11-16)25(26)27)19-17(13-29-21(19)23-18)14-7-4-3-5-8-14/h3-11,13H,12H2,1-2H3. The predicted molar refractivity (Wildman–Crippen MR) is 113 cm³/mol. The fraction of sp³-hybridized carbons (Fsp3) is 0.143. The quantitative estimate of drug-likeness (QED) is 0.326. The zero-order valence-electron chi connectivity index (χ0n) is 15.9. The Bertz CT molecular complexity index is 1180. The van der Waals surface area contributed by atoms with Gasteiger partial charge in [0, 0.05) is 17.0 Å². The summed E-state index contributed by atoms with van der Waals surface area (Å²) in [6.07, 6.45) is 0. The highest BCUT2D eigenvalue weighted by atomic mass is 32.1. The molecule has 0 aliphatic heterocycles. The van der Waals surface area contributed by atoms with Crippen molar-refractivity contribution in [2.45, 2.75) is 6.54 Å². The zero-order chi connectivity index (χ0) is 20.4. The minimum atomic E-state index is -0.445. The van der Waals surface area contributed by atoms with Gasteiger partial charge in [0.2, 0.25) is 5.88 Å². The molecule has 0 amide bonds. The number of nitro benzene ring substituents is 1. The van der Waals surface area contributed by atoms with Crippen LogP contribution in [0.4, 0.5) is 5.69 Å². The maximum absolute atomic E-state index is 11.1. The van der Waals surface area contributed by atoms with Gasteiger partial charge in [0.25, 0.3) is 5.69 Å². The van der Waals surface area contributed by atoms with E-state index >= 15 is 0 Å². The van der Waals surface area contributed by atoms with Gasteiger partial charge in [0.1, 0.15) is 16.4 Å². The number of thiophene rings is 1. The Morgan fingerprint density at radius 1 is 1.10 bits per heavy atom. The molecule has 2 heterocycles. The molecule has 7 nitrogen and oxygen atoms in total. The number of hydrogen-bond acceptors (Lipinski definition) is 7. The fourth-order valence-electron chi connectivity index (χ4n) is 2.98. The second-order valence-corrected chi connectivity index (χ2v) is 7.59. The van der Waals surface area contributed by atoms with Gasteiger partial charge >= 0.3 is 0 Å². The third-order valence-electron chi connectivity index (χ3n) is 4.23. The lowest BCUT2D eigenvalue weighted by Gasteiger charge is -2.12. The van der Waals surface area contributed by atoms with Gasteiger partial charge in [0.15, 0.2) is 0 Å². The van der Waals surface area contributed by atoms with E-state index in [0.717, 1.165) is 21.3 Å². The van der Waals surface area contributed by atoms with Crippen LogP contribution >= 0.6 is 11.3 Å². The summed E-state index contributed by atoms with van der Waals surface area (Å²) < 4.78 is 6.06. The highest BCUT2D eigenvalue weighted by molar-refractivity contribution is 7.17. The SMILES string of the molecule is CN(C)Cc1nc(Oc2cccc([N+](=O)[O-])c2)c2c(-c3ccccc3)csc2n1. The summed E-state index contributed by atoms with van der Waals surface area (Å²) in [5.74, 6) is 1.39. The van der Waals surface area contributed by atoms with Crippen molar-refractivity contribution in [3.05, 3.63) is 75.9 Å². The molecule has 0 radical (unpaired) electrons. The molecule has 0 spiro atoms. The van der Waals surface area contributed by atoms with E-state index in [1.165, 1.54) is 23.5 Å². The molecule has 146 valence electrons. The van der Waals surface area contributed by atoms with Gasteiger partial charge in [-0.05, 0) is 25.7 Å². The number of hydrogen-bond donors (Lipinski definition) is 0. The van der Waals surface area contributed by atoms with Crippen molar-refractivity contribution in [3.8, 4) is 22.8 Å². The van der Waals surface area contributed by atoms with Crippen LogP contribution in [0.2, 0.25) is 0 Å². The molecule has 0 unspecified atom stereocenters. The lowest BCUT2D eigenvalue weighted by molar-refractivity contribution is -0.384. The molecule has 4 aromatic rings. The first-order valence-corrected chi connectivity index (χ1v) is 9.80. The first-order chi connectivity index (χ1) is 14.0. The van der Waals surface area contributed by atoms with Crippen LogP contribution in [0.1, 0.15) is 5.82 Å². The van der Waals surface area contributed by atoms with Crippen molar-refractivity contribution in [1.82, 2.24) is 14.9 Å². The Kier molecular flexibility index (Phi) is 5.20. The topological polar surface area (TPSA) is 81.4 Å². The first kappa shape index (κ1) is 19.0. The van der Waals surface area contributed by atoms with Gasteiger partial charge in [0.05, 0.1) is 22.9 Å². The lowest BCUT2D eigenvalue weighted by atomic mass is 10.1. The molecule has 2 aromatic carbocycles.